The summed E-state index contributed by atoms with van der Waals surface area (Å²) in [6.07, 6.45) is -0.436. The molecule has 0 spiro atoms. The highest BCUT2D eigenvalue weighted by molar-refractivity contribution is 5.86. The smallest absolute Gasteiger partial charge is 0.412 e. The Hall–Kier alpha value is -1.55. The van der Waals surface area contributed by atoms with E-state index in [2.05, 4.69) is 5.32 Å². The molecule has 1 N–H and O–H groups in total. The summed E-state index contributed by atoms with van der Waals surface area (Å²) in [5.41, 5.74) is 2.14. The molecule has 0 aromatic heterocycles. The molecule has 19 heavy (non-hydrogen) atoms. The number of amides is 1. The van der Waals surface area contributed by atoms with E-state index in [0.29, 0.717) is 0 Å². The van der Waals surface area contributed by atoms with E-state index >= 15 is 0 Å². The van der Waals surface area contributed by atoms with Crippen LogP contribution in [0.2, 0.25) is 0 Å². The molecule has 1 saturated heterocycles. The Labute approximate surface area is 114 Å². The van der Waals surface area contributed by atoms with Crippen LogP contribution in [-0.2, 0) is 15.1 Å². The summed E-state index contributed by atoms with van der Waals surface area (Å²) < 4.78 is 10.7. The largest absolute Gasteiger partial charge is 0.444 e. The molecular formula is C15H21NO3. The maximum Gasteiger partial charge on any atom is 0.412 e. The van der Waals surface area contributed by atoms with E-state index in [1.807, 2.05) is 52.8 Å². The van der Waals surface area contributed by atoms with Crippen LogP contribution in [0.15, 0.2) is 18.2 Å². The molecule has 4 heteroatoms. The fourth-order valence-corrected chi connectivity index (χ4v) is 1.77. The van der Waals surface area contributed by atoms with Gasteiger partial charge in [-0.25, -0.2) is 4.79 Å². The zero-order valence-corrected chi connectivity index (χ0v) is 12.2. The van der Waals surface area contributed by atoms with Crippen molar-refractivity contribution < 1.29 is 14.3 Å². The van der Waals surface area contributed by atoms with Crippen LogP contribution in [0.4, 0.5) is 10.5 Å². The van der Waals surface area contributed by atoms with E-state index in [0.717, 1.165) is 23.4 Å². The Morgan fingerprint density at radius 1 is 1.42 bits per heavy atom. The molecule has 0 saturated carbocycles. The number of nitrogens with one attached hydrogen (secondary N) is 1. The van der Waals surface area contributed by atoms with Crippen LogP contribution in [-0.4, -0.2) is 18.3 Å². The van der Waals surface area contributed by atoms with Crippen LogP contribution < -0.4 is 5.32 Å². The lowest BCUT2D eigenvalue weighted by atomic mass is 9.99. The lowest BCUT2D eigenvalue weighted by Crippen LogP contribution is -2.27. The molecular weight excluding hydrogens is 242 g/mol. The van der Waals surface area contributed by atoms with Gasteiger partial charge in [0.2, 0.25) is 0 Å². The maximum atomic E-state index is 11.8. The van der Waals surface area contributed by atoms with Crippen molar-refractivity contribution in [3.8, 4) is 0 Å². The van der Waals surface area contributed by atoms with Crippen molar-refractivity contribution in [3.63, 3.8) is 0 Å². The molecule has 0 aliphatic carbocycles. The summed E-state index contributed by atoms with van der Waals surface area (Å²) >= 11 is 0. The predicted molar refractivity (Wildman–Crippen MR) is 74.3 cm³/mol. The van der Waals surface area contributed by atoms with Crippen molar-refractivity contribution >= 4 is 11.8 Å². The van der Waals surface area contributed by atoms with Crippen LogP contribution in [0.3, 0.4) is 0 Å². The fraction of sp³-hybridized carbons (Fsp3) is 0.533. The molecule has 4 nitrogen and oxygen atoms in total. The van der Waals surface area contributed by atoms with Gasteiger partial charge >= 0.3 is 6.09 Å². The Morgan fingerprint density at radius 3 is 2.58 bits per heavy atom. The number of carbonyl (C=O) groups excluding carboxylic acids is 1. The average Bonchev–Trinajstić information content (AvgIpc) is 2.98. The second kappa shape index (κ2) is 4.53. The lowest BCUT2D eigenvalue weighted by molar-refractivity contribution is 0.0636. The minimum Gasteiger partial charge on any atom is -0.444 e. The monoisotopic (exact) mass is 263 g/mol. The summed E-state index contributed by atoms with van der Waals surface area (Å²) in [6, 6.07) is 5.96. The van der Waals surface area contributed by atoms with Gasteiger partial charge in [-0.3, -0.25) is 5.32 Å². The first-order chi connectivity index (χ1) is 8.70. The van der Waals surface area contributed by atoms with Crippen molar-refractivity contribution in [1.82, 2.24) is 0 Å². The first-order valence-corrected chi connectivity index (χ1v) is 6.45. The third-order valence-corrected chi connectivity index (χ3v) is 3.06. The van der Waals surface area contributed by atoms with E-state index in [-0.39, 0.29) is 5.60 Å². The topological polar surface area (TPSA) is 50.9 Å². The number of hydrogen-bond acceptors (Lipinski definition) is 3. The quantitative estimate of drug-likeness (QED) is 0.830. The lowest BCUT2D eigenvalue weighted by Gasteiger charge is -2.20. The molecule has 1 fully saturated rings. The molecule has 0 bridgehead atoms. The normalized spacial score (nSPS) is 21.9. The van der Waals surface area contributed by atoms with E-state index in [1.165, 1.54) is 0 Å². The number of carbonyl (C=O) groups is 1. The molecule has 1 aliphatic heterocycles. The number of epoxide rings is 1. The summed E-state index contributed by atoms with van der Waals surface area (Å²) in [5.74, 6) is 0. The summed E-state index contributed by atoms with van der Waals surface area (Å²) in [5, 5.41) is 2.79. The third kappa shape index (κ3) is 3.47. The van der Waals surface area contributed by atoms with Gasteiger partial charge in [-0.15, -0.1) is 0 Å². The second-order valence-electron chi connectivity index (χ2n) is 6.18. The van der Waals surface area contributed by atoms with Gasteiger partial charge in [-0.1, -0.05) is 12.1 Å². The van der Waals surface area contributed by atoms with Crippen molar-refractivity contribution in [2.24, 2.45) is 0 Å². The van der Waals surface area contributed by atoms with Gasteiger partial charge in [0, 0.05) is 5.69 Å². The van der Waals surface area contributed by atoms with Gasteiger partial charge in [-0.2, -0.15) is 0 Å². The number of hydrogen-bond donors (Lipinski definition) is 1. The second-order valence-corrected chi connectivity index (χ2v) is 6.18. The van der Waals surface area contributed by atoms with Gasteiger partial charge in [0.25, 0.3) is 0 Å². The van der Waals surface area contributed by atoms with Gasteiger partial charge in [0.05, 0.1) is 6.61 Å². The molecule has 1 heterocycles. The molecule has 2 rings (SSSR count). The molecule has 1 atom stereocenters. The molecule has 1 aromatic rings. The van der Waals surface area contributed by atoms with E-state index in [1.54, 1.807) is 0 Å². The summed E-state index contributed by atoms with van der Waals surface area (Å²) in [7, 11) is 0. The highest BCUT2D eigenvalue weighted by Crippen LogP contribution is 2.39. The van der Waals surface area contributed by atoms with Crippen LogP contribution in [0.5, 0.6) is 0 Å². The van der Waals surface area contributed by atoms with Crippen LogP contribution >= 0.6 is 0 Å². The van der Waals surface area contributed by atoms with Crippen LogP contribution in [0, 0.1) is 6.92 Å². The molecule has 1 aliphatic rings. The average molecular weight is 263 g/mol. The zero-order chi connectivity index (χ0) is 14.3. The predicted octanol–water partition coefficient (Wildman–Crippen LogP) is 3.59. The minimum atomic E-state index is -0.499. The SMILES string of the molecule is Cc1ccc(C2(C)CO2)cc1NC(=O)OC(C)(C)C. The summed E-state index contributed by atoms with van der Waals surface area (Å²) in [6.45, 7) is 10.2. The first-order valence-electron chi connectivity index (χ1n) is 6.45. The number of ether oxygens (including phenoxy) is 2. The number of benzene rings is 1. The Kier molecular flexibility index (Phi) is 3.31. The van der Waals surface area contributed by atoms with E-state index in [4.69, 9.17) is 9.47 Å². The maximum absolute atomic E-state index is 11.8. The Balaban J connectivity index is 2.13. The van der Waals surface area contributed by atoms with Crippen molar-refractivity contribution in [3.05, 3.63) is 29.3 Å². The van der Waals surface area contributed by atoms with Gasteiger partial charge in [0.15, 0.2) is 0 Å². The van der Waals surface area contributed by atoms with Crippen LogP contribution in [0.1, 0.15) is 38.8 Å². The Bertz CT molecular complexity index is 499. The molecule has 104 valence electrons. The molecule has 0 radical (unpaired) electrons. The highest BCUT2D eigenvalue weighted by atomic mass is 16.6. The Morgan fingerprint density at radius 2 is 2.05 bits per heavy atom. The van der Waals surface area contributed by atoms with E-state index < -0.39 is 11.7 Å². The van der Waals surface area contributed by atoms with Gasteiger partial charge in [-0.05, 0) is 51.8 Å². The van der Waals surface area contributed by atoms with E-state index in [9.17, 15) is 4.79 Å². The number of aryl methyl sites for hydroxylation is 1. The van der Waals surface area contributed by atoms with Gasteiger partial charge in [0.1, 0.15) is 11.2 Å². The van der Waals surface area contributed by atoms with Crippen molar-refractivity contribution in [1.29, 1.82) is 0 Å². The van der Waals surface area contributed by atoms with Gasteiger partial charge < -0.3 is 9.47 Å². The molecule has 1 aromatic carbocycles. The van der Waals surface area contributed by atoms with Crippen LogP contribution in [0.25, 0.3) is 0 Å². The number of anilines is 1. The first kappa shape index (κ1) is 13.9. The zero-order valence-electron chi connectivity index (χ0n) is 12.2. The number of rotatable bonds is 2. The van der Waals surface area contributed by atoms with Crippen molar-refractivity contribution in [2.45, 2.75) is 45.8 Å². The standard InChI is InChI=1S/C15H21NO3/c1-10-6-7-11(15(5)9-18-15)8-12(10)16-13(17)19-14(2,3)4/h6-8H,9H2,1-5H3,(H,16,17). The summed E-state index contributed by atoms with van der Waals surface area (Å²) in [4.78, 5) is 11.8. The third-order valence-electron chi connectivity index (χ3n) is 3.06. The molecule has 1 unspecified atom stereocenters. The molecule has 1 amide bonds. The van der Waals surface area contributed by atoms with Crippen molar-refractivity contribution in [2.75, 3.05) is 11.9 Å². The fourth-order valence-electron chi connectivity index (χ4n) is 1.77. The minimum absolute atomic E-state index is 0.196. The highest BCUT2D eigenvalue weighted by Gasteiger charge is 2.41.